The Balaban J connectivity index is 2.46. The van der Waals surface area contributed by atoms with Gasteiger partial charge in [0, 0.05) is 22.5 Å². The van der Waals surface area contributed by atoms with Crippen molar-refractivity contribution >= 4 is 22.5 Å². The molecule has 13 heavy (non-hydrogen) atoms. The Morgan fingerprint density at radius 3 is 2.92 bits per heavy atom. The molecule has 0 aliphatic heterocycles. The fourth-order valence-electron chi connectivity index (χ4n) is 1.60. The average molecular weight is 194 g/mol. The summed E-state index contributed by atoms with van der Waals surface area (Å²) in [7, 11) is 0. The van der Waals surface area contributed by atoms with Crippen LogP contribution in [0.15, 0.2) is 30.5 Å². The van der Waals surface area contributed by atoms with Gasteiger partial charge >= 0.3 is 0 Å². The largest absolute Gasteiger partial charge is 0.361 e. The van der Waals surface area contributed by atoms with Gasteiger partial charge in [0.05, 0.1) is 0 Å². The smallest absolute Gasteiger partial charge is 0.0456 e. The van der Waals surface area contributed by atoms with Gasteiger partial charge in [0.15, 0.2) is 0 Å². The fourth-order valence-corrected chi connectivity index (χ4v) is 1.77. The van der Waals surface area contributed by atoms with Gasteiger partial charge < -0.3 is 4.98 Å². The highest BCUT2D eigenvalue weighted by atomic mass is 35.5. The molecule has 0 aliphatic carbocycles. The maximum Gasteiger partial charge on any atom is 0.0456 e. The number of nitrogens with one attached hydrogen (secondary N) is 1. The normalized spacial score (nSPS) is 13.4. The van der Waals surface area contributed by atoms with E-state index in [0.717, 1.165) is 6.42 Å². The molecule has 0 amide bonds. The van der Waals surface area contributed by atoms with Gasteiger partial charge in [0.1, 0.15) is 0 Å². The number of hydrogen-bond acceptors (Lipinski definition) is 0. The molecule has 1 aromatic heterocycles. The second-order valence-corrected chi connectivity index (χ2v) is 4.09. The second-order valence-electron chi connectivity index (χ2n) is 3.34. The van der Waals surface area contributed by atoms with E-state index in [-0.39, 0.29) is 5.38 Å². The molecule has 0 saturated carbocycles. The molecule has 0 spiro atoms. The minimum atomic E-state index is 0.194. The number of benzene rings is 1. The Morgan fingerprint density at radius 1 is 1.38 bits per heavy atom. The third-order valence-electron chi connectivity index (χ3n) is 2.18. The number of hydrogen-bond donors (Lipinski definition) is 1. The van der Waals surface area contributed by atoms with Crippen molar-refractivity contribution < 1.29 is 0 Å². The summed E-state index contributed by atoms with van der Waals surface area (Å²) in [6.45, 7) is 2.02. The molecular weight excluding hydrogens is 182 g/mol. The highest BCUT2D eigenvalue weighted by Gasteiger charge is 2.04. The molecule has 1 N–H and O–H groups in total. The van der Waals surface area contributed by atoms with Crippen molar-refractivity contribution in [1.29, 1.82) is 0 Å². The van der Waals surface area contributed by atoms with E-state index < -0.39 is 0 Å². The zero-order chi connectivity index (χ0) is 9.26. The van der Waals surface area contributed by atoms with Crippen LogP contribution < -0.4 is 0 Å². The summed E-state index contributed by atoms with van der Waals surface area (Å²) in [4.78, 5) is 3.23. The number of aromatic nitrogens is 1. The standard InChI is InChI=1S/C11H12ClN/c1-8(12)6-9-7-13-11-5-3-2-4-10(9)11/h2-5,7-8,13H,6H2,1H3. The summed E-state index contributed by atoms with van der Waals surface area (Å²) in [5.74, 6) is 0. The molecule has 0 bridgehead atoms. The molecule has 2 heteroatoms. The summed E-state index contributed by atoms with van der Waals surface area (Å²) >= 11 is 5.96. The Morgan fingerprint density at radius 2 is 2.15 bits per heavy atom. The van der Waals surface area contributed by atoms with E-state index in [2.05, 4.69) is 23.2 Å². The molecule has 0 aliphatic rings. The van der Waals surface area contributed by atoms with E-state index >= 15 is 0 Å². The van der Waals surface area contributed by atoms with Crippen molar-refractivity contribution in [3.8, 4) is 0 Å². The topological polar surface area (TPSA) is 15.8 Å². The maximum absolute atomic E-state index is 5.96. The number of aromatic amines is 1. The molecule has 1 aromatic carbocycles. The number of alkyl halides is 1. The van der Waals surface area contributed by atoms with Crippen LogP contribution in [0.2, 0.25) is 0 Å². The first kappa shape index (κ1) is 8.64. The molecule has 0 fully saturated rings. The highest BCUT2D eigenvalue weighted by Crippen LogP contribution is 2.19. The first-order chi connectivity index (χ1) is 6.27. The third-order valence-corrected chi connectivity index (χ3v) is 2.33. The van der Waals surface area contributed by atoms with E-state index in [4.69, 9.17) is 11.6 Å². The van der Waals surface area contributed by atoms with Gasteiger partial charge in [-0.15, -0.1) is 11.6 Å². The average Bonchev–Trinajstić information content (AvgIpc) is 2.48. The Bertz CT molecular complexity index is 403. The van der Waals surface area contributed by atoms with Crippen LogP contribution in [0.25, 0.3) is 10.9 Å². The van der Waals surface area contributed by atoms with Gasteiger partial charge in [-0.05, 0) is 25.0 Å². The number of rotatable bonds is 2. The van der Waals surface area contributed by atoms with Crippen LogP contribution in [0, 0.1) is 0 Å². The lowest BCUT2D eigenvalue weighted by atomic mass is 10.1. The minimum Gasteiger partial charge on any atom is -0.361 e. The van der Waals surface area contributed by atoms with Gasteiger partial charge in [0.25, 0.3) is 0 Å². The zero-order valence-electron chi connectivity index (χ0n) is 7.55. The van der Waals surface area contributed by atoms with Crippen molar-refractivity contribution in [3.05, 3.63) is 36.0 Å². The monoisotopic (exact) mass is 193 g/mol. The van der Waals surface area contributed by atoms with E-state index in [9.17, 15) is 0 Å². The molecule has 1 nitrogen and oxygen atoms in total. The maximum atomic E-state index is 5.96. The Hall–Kier alpha value is -0.950. The lowest BCUT2D eigenvalue weighted by molar-refractivity contribution is 0.938. The number of para-hydroxylation sites is 1. The molecular formula is C11H12ClN. The molecule has 2 rings (SSSR count). The first-order valence-electron chi connectivity index (χ1n) is 4.46. The lowest BCUT2D eigenvalue weighted by Crippen LogP contribution is -1.95. The SMILES string of the molecule is CC(Cl)Cc1c[nH]c2ccccc12. The molecule has 0 radical (unpaired) electrons. The van der Waals surface area contributed by atoms with Crippen molar-refractivity contribution in [2.75, 3.05) is 0 Å². The quantitative estimate of drug-likeness (QED) is 0.705. The lowest BCUT2D eigenvalue weighted by Gasteiger charge is -2.00. The molecule has 1 unspecified atom stereocenters. The first-order valence-corrected chi connectivity index (χ1v) is 4.90. The summed E-state index contributed by atoms with van der Waals surface area (Å²) in [6.07, 6.45) is 2.97. The number of H-pyrrole nitrogens is 1. The van der Waals surface area contributed by atoms with Crippen LogP contribution in [0.5, 0.6) is 0 Å². The van der Waals surface area contributed by atoms with Crippen molar-refractivity contribution in [2.24, 2.45) is 0 Å². The van der Waals surface area contributed by atoms with Crippen molar-refractivity contribution in [2.45, 2.75) is 18.7 Å². The van der Waals surface area contributed by atoms with Gasteiger partial charge in [-0.1, -0.05) is 18.2 Å². The van der Waals surface area contributed by atoms with Crippen molar-refractivity contribution in [3.63, 3.8) is 0 Å². The Labute approximate surface area is 82.7 Å². The predicted molar refractivity (Wildman–Crippen MR) is 57.3 cm³/mol. The molecule has 1 heterocycles. The van der Waals surface area contributed by atoms with Crippen LogP contribution in [0.1, 0.15) is 12.5 Å². The molecule has 1 atom stereocenters. The summed E-state index contributed by atoms with van der Waals surface area (Å²) in [5, 5.41) is 1.48. The molecule has 68 valence electrons. The van der Waals surface area contributed by atoms with E-state index in [0.29, 0.717) is 0 Å². The summed E-state index contributed by atoms with van der Waals surface area (Å²) < 4.78 is 0. The Kier molecular flexibility index (Phi) is 2.28. The van der Waals surface area contributed by atoms with Crippen LogP contribution >= 0.6 is 11.6 Å². The van der Waals surface area contributed by atoms with E-state index in [1.165, 1.54) is 16.5 Å². The summed E-state index contributed by atoms with van der Waals surface area (Å²) in [5.41, 5.74) is 2.49. The van der Waals surface area contributed by atoms with Gasteiger partial charge in [-0.25, -0.2) is 0 Å². The third kappa shape index (κ3) is 1.70. The van der Waals surface area contributed by atoms with Crippen LogP contribution in [-0.2, 0) is 6.42 Å². The van der Waals surface area contributed by atoms with Gasteiger partial charge in [-0.2, -0.15) is 0 Å². The van der Waals surface area contributed by atoms with Crippen LogP contribution in [-0.4, -0.2) is 10.4 Å². The van der Waals surface area contributed by atoms with E-state index in [1.54, 1.807) is 0 Å². The molecule has 0 saturated heterocycles. The van der Waals surface area contributed by atoms with E-state index in [1.807, 2.05) is 19.2 Å². The number of halogens is 1. The zero-order valence-corrected chi connectivity index (χ0v) is 8.31. The van der Waals surface area contributed by atoms with Crippen LogP contribution in [0.3, 0.4) is 0 Å². The minimum absolute atomic E-state index is 0.194. The van der Waals surface area contributed by atoms with Crippen LogP contribution in [0.4, 0.5) is 0 Å². The van der Waals surface area contributed by atoms with Crippen molar-refractivity contribution in [1.82, 2.24) is 4.98 Å². The highest BCUT2D eigenvalue weighted by molar-refractivity contribution is 6.20. The number of fused-ring (bicyclic) bond motifs is 1. The van der Waals surface area contributed by atoms with Gasteiger partial charge in [-0.3, -0.25) is 0 Å². The predicted octanol–water partition coefficient (Wildman–Crippen LogP) is 3.34. The fraction of sp³-hybridized carbons (Fsp3) is 0.273. The summed E-state index contributed by atoms with van der Waals surface area (Å²) in [6, 6.07) is 8.30. The molecule has 2 aromatic rings. The van der Waals surface area contributed by atoms with Gasteiger partial charge in [0.2, 0.25) is 0 Å². The second kappa shape index (κ2) is 3.43.